The molecule has 0 saturated carbocycles. The lowest BCUT2D eigenvalue weighted by atomic mass is 10.1. The minimum absolute atomic E-state index is 0.194. The Morgan fingerprint density at radius 1 is 0.950 bits per heavy atom. The molecule has 2 heterocycles. The fraction of sp³-hybridized carbons (Fsp3) is 0.833. The summed E-state index contributed by atoms with van der Waals surface area (Å²) in [6, 6.07) is -1.41. The Balaban J connectivity index is 1.91. The summed E-state index contributed by atoms with van der Waals surface area (Å²) in [7, 11) is 0. The van der Waals surface area contributed by atoms with Crippen LogP contribution in [0.4, 0.5) is 0 Å². The Morgan fingerprint density at radius 3 is 1.60 bits per heavy atom. The van der Waals surface area contributed by atoms with Crippen LogP contribution in [0.5, 0.6) is 0 Å². The molecule has 114 valence electrons. The smallest absolute Gasteiger partial charge is 0.323 e. The van der Waals surface area contributed by atoms with Gasteiger partial charge < -0.3 is 30.4 Å². The van der Waals surface area contributed by atoms with E-state index in [0.29, 0.717) is 0 Å². The summed E-state index contributed by atoms with van der Waals surface area (Å²) in [6.45, 7) is 3.47. The van der Waals surface area contributed by atoms with E-state index in [1.165, 1.54) is 0 Å². The minimum atomic E-state index is -0.706. The van der Waals surface area contributed by atoms with E-state index in [9.17, 15) is 9.59 Å². The monoisotopic (exact) mass is 288 g/mol. The van der Waals surface area contributed by atoms with Gasteiger partial charge in [-0.2, -0.15) is 0 Å². The van der Waals surface area contributed by atoms with Crippen LogP contribution in [0.15, 0.2) is 0 Å². The lowest BCUT2D eigenvalue weighted by Crippen LogP contribution is -2.40. The van der Waals surface area contributed by atoms with E-state index in [0.717, 1.165) is 0 Å². The normalized spacial score (nSPS) is 35.2. The third kappa shape index (κ3) is 3.09. The van der Waals surface area contributed by atoms with Crippen molar-refractivity contribution in [3.05, 3.63) is 0 Å². The molecule has 0 aromatic carbocycles. The van der Waals surface area contributed by atoms with Crippen molar-refractivity contribution in [1.82, 2.24) is 0 Å². The van der Waals surface area contributed by atoms with Gasteiger partial charge in [0.05, 0.1) is 13.2 Å². The number of fused-ring (bicyclic) bond motifs is 1. The first-order valence-corrected chi connectivity index (χ1v) is 6.55. The molecule has 0 bridgehead atoms. The van der Waals surface area contributed by atoms with Crippen molar-refractivity contribution in [2.75, 3.05) is 13.2 Å². The maximum atomic E-state index is 11.5. The highest BCUT2D eigenvalue weighted by Gasteiger charge is 2.51. The third-order valence-electron chi connectivity index (χ3n) is 3.24. The Morgan fingerprint density at radius 2 is 1.30 bits per heavy atom. The molecule has 0 aromatic rings. The summed E-state index contributed by atoms with van der Waals surface area (Å²) in [5.74, 6) is -1.03. The number of nitrogens with two attached hydrogens (primary N) is 2. The van der Waals surface area contributed by atoms with Gasteiger partial charge in [-0.1, -0.05) is 0 Å². The standard InChI is InChI=1S/C12H20N2O6/c1-5(13)11(15)19-7-3-17-10-8(4-18-9(7)10)20-12(16)6(2)14/h5-10H,3-4,13-14H2,1-2H3/t5?,6?,7-,8+,9?,10?. The molecule has 2 saturated heterocycles. The predicted octanol–water partition coefficient (Wildman–Crippen LogP) is -1.70. The minimum Gasteiger partial charge on any atom is -0.456 e. The Hall–Kier alpha value is -1.22. The molecule has 2 aliphatic heterocycles. The molecule has 0 radical (unpaired) electrons. The first-order chi connectivity index (χ1) is 9.40. The SMILES string of the molecule is CC(N)C(=O)O[C@H]1COC2C1OC[C@H]2OC(=O)C(C)N. The largest absolute Gasteiger partial charge is 0.456 e. The molecule has 6 atom stereocenters. The van der Waals surface area contributed by atoms with E-state index >= 15 is 0 Å². The van der Waals surface area contributed by atoms with Crippen molar-refractivity contribution in [3.63, 3.8) is 0 Å². The van der Waals surface area contributed by atoms with Gasteiger partial charge in [0, 0.05) is 0 Å². The van der Waals surface area contributed by atoms with E-state index in [4.69, 9.17) is 30.4 Å². The van der Waals surface area contributed by atoms with Crippen LogP contribution in [0.1, 0.15) is 13.8 Å². The predicted molar refractivity (Wildman–Crippen MR) is 66.5 cm³/mol. The maximum Gasteiger partial charge on any atom is 0.323 e. The quantitative estimate of drug-likeness (QED) is 0.587. The van der Waals surface area contributed by atoms with E-state index in [-0.39, 0.29) is 13.2 Å². The number of carbonyl (C=O) groups excluding carboxylic acids is 2. The summed E-state index contributed by atoms with van der Waals surface area (Å²) in [6.07, 6.45) is -1.94. The van der Waals surface area contributed by atoms with Crippen LogP contribution in [-0.4, -0.2) is 61.7 Å². The number of ether oxygens (including phenoxy) is 4. The highest BCUT2D eigenvalue weighted by Crippen LogP contribution is 2.30. The lowest BCUT2D eigenvalue weighted by Gasteiger charge is -2.18. The molecule has 0 amide bonds. The molecule has 0 aromatic heterocycles. The average molecular weight is 288 g/mol. The second-order valence-electron chi connectivity index (χ2n) is 5.12. The average Bonchev–Trinajstić information content (AvgIpc) is 2.93. The van der Waals surface area contributed by atoms with Crippen molar-refractivity contribution >= 4 is 11.9 Å². The molecule has 2 rings (SSSR count). The molecule has 4 unspecified atom stereocenters. The number of carbonyl (C=O) groups is 2. The van der Waals surface area contributed by atoms with Crippen molar-refractivity contribution in [3.8, 4) is 0 Å². The van der Waals surface area contributed by atoms with Crippen molar-refractivity contribution in [2.24, 2.45) is 11.5 Å². The highest BCUT2D eigenvalue weighted by atomic mass is 16.7. The van der Waals surface area contributed by atoms with Crippen molar-refractivity contribution < 1.29 is 28.5 Å². The zero-order valence-corrected chi connectivity index (χ0v) is 11.5. The molecule has 20 heavy (non-hydrogen) atoms. The Bertz CT molecular complexity index is 350. The molecule has 8 heteroatoms. The van der Waals surface area contributed by atoms with Crippen LogP contribution in [0.25, 0.3) is 0 Å². The first-order valence-electron chi connectivity index (χ1n) is 6.55. The van der Waals surface area contributed by atoms with Crippen LogP contribution in [0, 0.1) is 0 Å². The second kappa shape index (κ2) is 6.04. The van der Waals surface area contributed by atoms with Gasteiger partial charge in [-0.15, -0.1) is 0 Å². The van der Waals surface area contributed by atoms with Gasteiger partial charge in [0.25, 0.3) is 0 Å². The summed E-state index contributed by atoms with van der Waals surface area (Å²) in [5.41, 5.74) is 10.9. The number of hydrogen-bond donors (Lipinski definition) is 2. The van der Waals surface area contributed by atoms with Crippen LogP contribution in [0.2, 0.25) is 0 Å². The molecular weight excluding hydrogens is 268 g/mol. The zero-order chi connectivity index (χ0) is 14.9. The molecule has 4 N–H and O–H groups in total. The van der Waals surface area contributed by atoms with Gasteiger partial charge in [0.1, 0.15) is 24.3 Å². The topological polar surface area (TPSA) is 123 Å². The Labute approximate surface area is 116 Å². The summed E-state index contributed by atoms with van der Waals surface area (Å²) >= 11 is 0. The van der Waals surface area contributed by atoms with Gasteiger partial charge in [-0.25, -0.2) is 0 Å². The molecular formula is C12H20N2O6. The summed E-state index contributed by atoms with van der Waals surface area (Å²) in [5, 5.41) is 0. The van der Waals surface area contributed by atoms with E-state index in [2.05, 4.69) is 0 Å². The van der Waals surface area contributed by atoms with Crippen molar-refractivity contribution in [1.29, 1.82) is 0 Å². The molecule has 2 aliphatic rings. The Kier molecular flexibility index (Phi) is 4.59. The van der Waals surface area contributed by atoms with Crippen LogP contribution in [-0.2, 0) is 28.5 Å². The number of rotatable bonds is 4. The maximum absolute atomic E-state index is 11.5. The summed E-state index contributed by atoms with van der Waals surface area (Å²) < 4.78 is 21.4. The van der Waals surface area contributed by atoms with Crippen LogP contribution in [0.3, 0.4) is 0 Å². The van der Waals surface area contributed by atoms with Gasteiger partial charge in [0.15, 0.2) is 12.2 Å². The fourth-order valence-corrected chi connectivity index (χ4v) is 2.14. The van der Waals surface area contributed by atoms with Gasteiger partial charge in [-0.05, 0) is 13.8 Å². The summed E-state index contributed by atoms with van der Waals surface area (Å²) in [4.78, 5) is 23.0. The van der Waals surface area contributed by atoms with Crippen LogP contribution >= 0.6 is 0 Å². The van der Waals surface area contributed by atoms with E-state index in [1.54, 1.807) is 13.8 Å². The van der Waals surface area contributed by atoms with Gasteiger partial charge in [-0.3, -0.25) is 9.59 Å². The van der Waals surface area contributed by atoms with Gasteiger partial charge >= 0.3 is 11.9 Å². The van der Waals surface area contributed by atoms with E-state index in [1.807, 2.05) is 0 Å². The zero-order valence-electron chi connectivity index (χ0n) is 11.5. The van der Waals surface area contributed by atoms with E-state index < -0.39 is 48.4 Å². The fourth-order valence-electron chi connectivity index (χ4n) is 2.14. The van der Waals surface area contributed by atoms with Crippen molar-refractivity contribution in [2.45, 2.75) is 50.3 Å². The molecule has 2 fully saturated rings. The van der Waals surface area contributed by atoms with Gasteiger partial charge in [0.2, 0.25) is 0 Å². The lowest BCUT2D eigenvalue weighted by molar-refractivity contribution is -0.156. The first kappa shape index (κ1) is 15.2. The third-order valence-corrected chi connectivity index (χ3v) is 3.24. The molecule has 0 aliphatic carbocycles. The van der Waals surface area contributed by atoms with Crippen LogP contribution < -0.4 is 11.5 Å². The number of hydrogen-bond acceptors (Lipinski definition) is 8. The number of esters is 2. The highest BCUT2D eigenvalue weighted by molar-refractivity contribution is 5.75. The molecule has 0 spiro atoms. The molecule has 8 nitrogen and oxygen atoms in total. The second-order valence-corrected chi connectivity index (χ2v) is 5.12.